The van der Waals surface area contributed by atoms with Gasteiger partial charge in [-0.3, -0.25) is 9.59 Å². The number of hydrogen-bond donors (Lipinski definition) is 3. The molecule has 27 heavy (non-hydrogen) atoms. The molecule has 0 bridgehead atoms. The molecule has 1 aromatic heterocycles. The number of aryl methyl sites for hydroxylation is 1. The lowest BCUT2D eigenvalue weighted by Gasteiger charge is -2.43. The number of nitrogens with zero attached hydrogens (tertiary/aromatic N) is 3. The van der Waals surface area contributed by atoms with Gasteiger partial charge in [0.05, 0.1) is 11.8 Å². The van der Waals surface area contributed by atoms with Crippen LogP contribution in [0.2, 0.25) is 0 Å². The van der Waals surface area contributed by atoms with E-state index < -0.39 is 17.5 Å². The first-order valence-corrected chi connectivity index (χ1v) is 8.51. The summed E-state index contributed by atoms with van der Waals surface area (Å²) >= 11 is 0. The number of aliphatic carboxylic acids is 1. The van der Waals surface area contributed by atoms with E-state index in [-0.39, 0.29) is 13.0 Å². The van der Waals surface area contributed by atoms with E-state index in [1.54, 1.807) is 0 Å². The maximum absolute atomic E-state index is 12.0. The first-order chi connectivity index (χ1) is 12.9. The number of carboxylic acids is 1. The maximum atomic E-state index is 12.0. The van der Waals surface area contributed by atoms with Crippen LogP contribution >= 0.6 is 0 Å². The van der Waals surface area contributed by atoms with Crippen LogP contribution in [0.15, 0.2) is 42.5 Å². The van der Waals surface area contributed by atoms with Crippen LogP contribution in [0.5, 0.6) is 0 Å². The average molecular weight is 373 g/mol. The second kappa shape index (κ2) is 9.09. The molecular weight excluding hydrogens is 350 g/mol. The molecule has 144 valence electrons. The number of carboxylic acid groups (broad SMARTS) is 2. The summed E-state index contributed by atoms with van der Waals surface area (Å²) in [5, 5.41) is 35.5. The minimum Gasteiger partial charge on any atom is -0.483 e. The standard InChI is InChI=1S/C18H21N3O3.CH2O2/c1-13-7-8-16(20-19-13)21-10-9-18(17(23)24,15(22)12-21)11-14-5-3-2-4-6-14;2-1-3/h2-8,15,22H,9-12H2,1H3,(H,23,24);1H,(H,2,3)/t15-,18+;/m0./s1. The van der Waals surface area contributed by atoms with E-state index in [9.17, 15) is 15.0 Å². The Balaban J connectivity index is 0.000000817. The third-order valence-corrected chi connectivity index (χ3v) is 4.76. The third-order valence-electron chi connectivity index (χ3n) is 4.76. The summed E-state index contributed by atoms with van der Waals surface area (Å²) in [6.45, 7) is 2.36. The zero-order chi connectivity index (χ0) is 19.9. The van der Waals surface area contributed by atoms with Crippen molar-refractivity contribution in [3.63, 3.8) is 0 Å². The van der Waals surface area contributed by atoms with Crippen molar-refractivity contribution in [3.8, 4) is 0 Å². The fraction of sp³-hybridized carbons (Fsp3) is 0.368. The predicted molar refractivity (Wildman–Crippen MR) is 98.5 cm³/mol. The topological polar surface area (TPSA) is 124 Å². The summed E-state index contributed by atoms with van der Waals surface area (Å²) in [4.78, 5) is 22.2. The van der Waals surface area contributed by atoms with Gasteiger partial charge in [0.1, 0.15) is 5.41 Å². The molecule has 2 heterocycles. The molecule has 0 unspecified atom stereocenters. The summed E-state index contributed by atoms with van der Waals surface area (Å²) in [7, 11) is 0. The van der Waals surface area contributed by atoms with Gasteiger partial charge in [0.25, 0.3) is 6.47 Å². The SMILES string of the molecule is Cc1ccc(N2CC[C@](Cc3ccccc3)(C(=O)O)[C@@H](O)C2)nn1.O=CO. The van der Waals surface area contributed by atoms with E-state index in [0.29, 0.717) is 25.2 Å². The molecule has 3 N–H and O–H groups in total. The van der Waals surface area contributed by atoms with E-state index in [2.05, 4.69) is 10.2 Å². The fourth-order valence-corrected chi connectivity index (χ4v) is 3.24. The molecule has 8 nitrogen and oxygen atoms in total. The minimum absolute atomic E-state index is 0.233. The van der Waals surface area contributed by atoms with Crippen LogP contribution in [0.1, 0.15) is 17.7 Å². The van der Waals surface area contributed by atoms with E-state index in [1.165, 1.54) is 0 Å². The van der Waals surface area contributed by atoms with Gasteiger partial charge in [0, 0.05) is 13.1 Å². The lowest BCUT2D eigenvalue weighted by atomic mass is 9.71. The van der Waals surface area contributed by atoms with Gasteiger partial charge in [-0.05, 0) is 37.5 Å². The lowest BCUT2D eigenvalue weighted by molar-refractivity contribution is -0.158. The molecule has 0 saturated carbocycles. The Morgan fingerprint density at radius 1 is 1.26 bits per heavy atom. The van der Waals surface area contributed by atoms with Crippen LogP contribution in [0, 0.1) is 12.3 Å². The molecule has 8 heteroatoms. The molecule has 1 aromatic carbocycles. The van der Waals surface area contributed by atoms with Crippen LogP contribution in [0.4, 0.5) is 5.82 Å². The Morgan fingerprint density at radius 2 is 1.93 bits per heavy atom. The first-order valence-electron chi connectivity index (χ1n) is 8.51. The van der Waals surface area contributed by atoms with Gasteiger partial charge in [-0.1, -0.05) is 30.3 Å². The highest BCUT2D eigenvalue weighted by Gasteiger charge is 2.48. The first kappa shape index (κ1) is 20.3. The molecule has 0 spiro atoms. The molecule has 1 fully saturated rings. The van der Waals surface area contributed by atoms with Crippen molar-refractivity contribution in [2.24, 2.45) is 5.41 Å². The monoisotopic (exact) mass is 373 g/mol. The van der Waals surface area contributed by atoms with Crippen LogP contribution in [-0.4, -0.2) is 57.2 Å². The number of aliphatic hydroxyl groups is 1. The number of aliphatic hydroxyl groups excluding tert-OH is 1. The molecule has 1 aliphatic rings. The van der Waals surface area contributed by atoms with Crippen LogP contribution in [0.3, 0.4) is 0 Å². The van der Waals surface area contributed by atoms with Crippen LogP contribution < -0.4 is 4.90 Å². The lowest BCUT2D eigenvalue weighted by Crippen LogP contribution is -2.56. The Bertz CT molecular complexity index is 754. The Morgan fingerprint density at radius 3 is 2.44 bits per heavy atom. The number of benzene rings is 1. The van der Waals surface area contributed by atoms with E-state index in [4.69, 9.17) is 9.90 Å². The van der Waals surface area contributed by atoms with E-state index >= 15 is 0 Å². The molecule has 2 atom stereocenters. The maximum Gasteiger partial charge on any atom is 0.312 e. The number of β-amino-alcohol motifs (C(OH)–C–C–N with tert-alkyl or cyclic N) is 1. The van der Waals surface area contributed by atoms with Gasteiger partial charge in [-0.25, -0.2) is 0 Å². The van der Waals surface area contributed by atoms with Crippen molar-refractivity contribution in [3.05, 3.63) is 53.7 Å². The highest BCUT2D eigenvalue weighted by atomic mass is 16.4. The van der Waals surface area contributed by atoms with Gasteiger partial charge in [0.2, 0.25) is 0 Å². The van der Waals surface area contributed by atoms with E-state index in [1.807, 2.05) is 54.3 Å². The van der Waals surface area contributed by atoms with Gasteiger partial charge in [-0.15, -0.1) is 5.10 Å². The molecule has 1 saturated heterocycles. The third kappa shape index (κ3) is 4.79. The highest BCUT2D eigenvalue weighted by molar-refractivity contribution is 5.76. The van der Waals surface area contributed by atoms with Gasteiger partial charge in [0.15, 0.2) is 5.82 Å². The van der Waals surface area contributed by atoms with Crippen molar-refractivity contribution < 1.29 is 24.9 Å². The highest BCUT2D eigenvalue weighted by Crippen LogP contribution is 2.37. The molecule has 0 aliphatic carbocycles. The number of carbonyl (C=O) groups is 2. The second-order valence-electron chi connectivity index (χ2n) is 6.47. The Kier molecular flexibility index (Phi) is 6.84. The number of hydrogen-bond acceptors (Lipinski definition) is 6. The number of piperidine rings is 1. The van der Waals surface area contributed by atoms with E-state index in [0.717, 1.165) is 11.3 Å². The van der Waals surface area contributed by atoms with Gasteiger partial charge in [-0.2, -0.15) is 5.10 Å². The molecule has 0 amide bonds. The molecule has 3 rings (SSSR count). The summed E-state index contributed by atoms with van der Waals surface area (Å²) in [5.74, 6) is -0.285. The summed E-state index contributed by atoms with van der Waals surface area (Å²) in [6, 6.07) is 13.2. The summed E-state index contributed by atoms with van der Waals surface area (Å²) in [6.07, 6.45) is -0.307. The number of aromatic nitrogens is 2. The second-order valence-corrected chi connectivity index (χ2v) is 6.47. The molecule has 0 radical (unpaired) electrons. The Labute approximate surface area is 157 Å². The number of rotatable bonds is 4. The van der Waals surface area contributed by atoms with Gasteiger partial charge < -0.3 is 20.2 Å². The smallest absolute Gasteiger partial charge is 0.312 e. The fourth-order valence-electron chi connectivity index (χ4n) is 3.24. The van der Waals surface area contributed by atoms with Gasteiger partial charge >= 0.3 is 5.97 Å². The zero-order valence-electron chi connectivity index (χ0n) is 15.0. The van der Waals surface area contributed by atoms with Crippen molar-refractivity contribution in [1.82, 2.24) is 10.2 Å². The quantitative estimate of drug-likeness (QED) is 0.687. The molecule has 1 aliphatic heterocycles. The van der Waals surface area contributed by atoms with Crippen molar-refractivity contribution in [1.29, 1.82) is 0 Å². The average Bonchev–Trinajstić information content (AvgIpc) is 2.65. The summed E-state index contributed by atoms with van der Waals surface area (Å²) in [5.41, 5.74) is 0.568. The van der Waals surface area contributed by atoms with Crippen molar-refractivity contribution in [2.75, 3.05) is 18.0 Å². The zero-order valence-corrected chi connectivity index (χ0v) is 15.0. The van der Waals surface area contributed by atoms with Crippen LogP contribution in [-0.2, 0) is 16.0 Å². The molecule has 2 aromatic rings. The minimum atomic E-state index is -1.17. The Hall–Kier alpha value is -3.00. The predicted octanol–water partition coefficient (Wildman–Crippen LogP) is 1.37. The molecular formula is C19H23N3O5. The van der Waals surface area contributed by atoms with Crippen molar-refractivity contribution in [2.45, 2.75) is 25.9 Å². The van der Waals surface area contributed by atoms with Crippen molar-refractivity contribution >= 4 is 18.3 Å². The normalized spacial score (nSPS) is 21.7. The summed E-state index contributed by atoms with van der Waals surface area (Å²) < 4.78 is 0. The largest absolute Gasteiger partial charge is 0.483 e. The number of anilines is 1. The van der Waals surface area contributed by atoms with Crippen LogP contribution in [0.25, 0.3) is 0 Å².